The quantitative estimate of drug-likeness (QED) is 0.879. The lowest BCUT2D eigenvalue weighted by atomic mass is 9.96. The fraction of sp³-hybridized carbons (Fsp3) is 0.625. The van der Waals surface area contributed by atoms with Crippen LogP contribution in [0.5, 0.6) is 0 Å². The summed E-state index contributed by atoms with van der Waals surface area (Å²) in [5.41, 5.74) is 4.38. The van der Waals surface area contributed by atoms with Gasteiger partial charge in [-0.2, -0.15) is 0 Å². The molecule has 2 heterocycles. The van der Waals surface area contributed by atoms with Crippen molar-refractivity contribution in [1.82, 2.24) is 4.90 Å². The normalized spacial score (nSPS) is 23.7. The Morgan fingerprint density at radius 1 is 1.33 bits per heavy atom. The van der Waals surface area contributed by atoms with E-state index in [1.54, 1.807) is 0 Å². The molecule has 18 heavy (non-hydrogen) atoms. The molecule has 2 aliphatic heterocycles. The number of piperidine rings is 1. The van der Waals surface area contributed by atoms with Gasteiger partial charge in [-0.1, -0.05) is 18.6 Å². The summed E-state index contributed by atoms with van der Waals surface area (Å²) in [6.45, 7) is 2.40. The van der Waals surface area contributed by atoms with Crippen LogP contribution < -0.4 is 5.32 Å². The second-order valence-electron chi connectivity index (χ2n) is 5.84. The molecule has 3 rings (SSSR count). The highest BCUT2D eigenvalue weighted by Crippen LogP contribution is 2.25. The van der Waals surface area contributed by atoms with Crippen molar-refractivity contribution in [3.05, 3.63) is 29.3 Å². The molecule has 1 saturated heterocycles. The predicted octanol–water partition coefficient (Wildman–Crippen LogP) is 3.07. The SMILES string of the molecule is CN1CCCCC1CCc1ccc2c(c1)NCC2. The molecule has 1 N–H and O–H groups in total. The lowest BCUT2D eigenvalue weighted by molar-refractivity contribution is 0.176. The van der Waals surface area contributed by atoms with Crippen LogP contribution in [0.4, 0.5) is 5.69 Å². The van der Waals surface area contributed by atoms with Crippen LogP contribution in [0.15, 0.2) is 18.2 Å². The van der Waals surface area contributed by atoms with E-state index in [4.69, 9.17) is 0 Å². The first-order valence-electron chi connectivity index (χ1n) is 7.39. The van der Waals surface area contributed by atoms with Crippen molar-refractivity contribution in [3.8, 4) is 0 Å². The van der Waals surface area contributed by atoms with Crippen molar-refractivity contribution >= 4 is 5.69 Å². The molecule has 1 aromatic carbocycles. The average molecular weight is 244 g/mol. The average Bonchev–Trinajstić information content (AvgIpc) is 2.85. The summed E-state index contributed by atoms with van der Waals surface area (Å²) in [4.78, 5) is 2.55. The van der Waals surface area contributed by atoms with Crippen molar-refractivity contribution in [2.45, 2.75) is 44.6 Å². The molecule has 1 fully saturated rings. The van der Waals surface area contributed by atoms with Crippen LogP contribution in [-0.2, 0) is 12.8 Å². The first-order chi connectivity index (χ1) is 8.83. The van der Waals surface area contributed by atoms with Gasteiger partial charge in [0.05, 0.1) is 0 Å². The van der Waals surface area contributed by atoms with Crippen LogP contribution in [0.25, 0.3) is 0 Å². The van der Waals surface area contributed by atoms with Crippen LogP contribution in [0, 0.1) is 0 Å². The number of benzene rings is 1. The lowest BCUT2D eigenvalue weighted by Gasteiger charge is -2.32. The van der Waals surface area contributed by atoms with Crippen LogP contribution in [-0.4, -0.2) is 31.1 Å². The minimum absolute atomic E-state index is 0.806. The topological polar surface area (TPSA) is 15.3 Å². The first-order valence-corrected chi connectivity index (χ1v) is 7.39. The Hall–Kier alpha value is -1.02. The molecular formula is C16H24N2. The van der Waals surface area contributed by atoms with Gasteiger partial charge in [0.2, 0.25) is 0 Å². The third-order valence-electron chi connectivity index (χ3n) is 4.57. The standard InChI is InChI=1S/C16H24N2/c1-18-11-3-2-4-15(18)8-6-13-5-7-14-9-10-17-16(14)12-13/h5,7,12,15,17H,2-4,6,8-11H2,1H3. The van der Waals surface area contributed by atoms with Gasteiger partial charge in [-0.25, -0.2) is 0 Å². The molecule has 0 aromatic heterocycles. The zero-order chi connectivity index (χ0) is 12.4. The van der Waals surface area contributed by atoms with E-state index in [1.165, 1.54) is 61.9 Å². The minimum Gasteiger partial charge on any atom is -0.384 e. The minimum atomic E-state index is 0.806. The zero-order valence-electron chi connectivity index (χ0n) is 11.4. The molecule has 0 bridgehead atoms. The smallest absolute Gasteiger partial charge is 0.0376 e. The molecule has 1 unspecified atom stereocenters. The molecule has 0 aliphatic carbocycles. The van der Waals surface area contributed by atoms with Gasteiger partial charge in [-0.05, 0) is 62.9 Å². The Balaban J connectivity index is 1.59. The number of hydrogen-bond acceptors (Lipinski definition) is 2. The summed E-state index contributed by atoms with van der Waals surface area (Å²) >= 11 is 0. The Morgan fingerprint density at radius 3 is 3.17 bits per heavy atom. The summed E-state index contributed by atoms with van der Waals surface area (Å²) in [5, 5.41) is 3.48. The fourth-order valence-electron chi connectivity index (χ4n) is 3.34. The van der Waals surface area contributed by atoms with Gasteiger partial charge in [-0.15, -0.1) is 0 Å². The van der Waals surface area contributed by atoms with Crippen LogP contribution in [0.2, 0.25) is 0 Å². The molecule has 0 saturated carbocycles. The number of aryl methyl sites for hydroxylation is 1. The van der Waals surface area contributed by atoms with Crippen LogP contribution >= 0.6 is 0 Å². The van der Waals surface area contributed by atoms with E-state index in [0.717, 1.165) is 12.6 Å². The summed E-state index contributed by atoms with van der Waals surface area (Å²) in [7, 11) is 2.29. The van der Waals surface area contributed by atoms with Crippen LogP contribution in [0.3, 0.4) is 0 Å². The largest absolute Gasteiger partial charge is 0.384 e. The summed E-state index contributed by atoms with van der Waals surface area (Å²) < 4.78 is 0. The number of fused-ring (bicyclic) bond motifs is 1. The fourth-order valence-corrected chi connectivity index (χ4v) is 3.34. The van der Waals surface area contributed by atoms with Gasteiger partial charge in [-0.3, -0.25) is 0 Å². The van der Waals surface area contributed by atoms with Crippen LogP contribution in [0.1, 0.15) is 36.8 Å². The Morgan fingerprint density at radius 2 is 2.28 bits per heavy atom. The molecule has 2 nitrogen and oxygen atoms in total. The van der Waals surface area contributed by atoms with Gasteiger partial charge in [0.1, 0.15) is 0 Å². The van der Waals surface area contributed by atoms with Crippen molar-refractivity contribution in [2.24, 2.45) is 0 Å². The Bertz CT molecular complexity index is 414. The number of likely N-dealkylation sites (tertiary alicyclic amines) is 1. The van der Waals surface area contributed by atoms with E-state index in [-0.39, 0.29) is 0 Å². The van der Waals surface area contributed by atoms with Gasteiger partial charge < -0.3 is 10.2 Å². The number of nitrogens with one attached hydrogen (secondary N) is 1. The molecular weight excluding hydrogens is 220 g/mol. The van der Waals surface area contributed by atoms with E-state index in [9.17, 15) is 0 Å². The highest BCUT2D eigenvalue weighted by atomic mass is 15.1. The van der Waals surface area contributed by atoms with Gasteiger partial charge in [0, 0.05) is 18.3 Å². The highest BCUT2D eigenvalue weighted by Gasteiger charge is 2.18. The summed E-state index contributed by atoms with van der Waals surface area (Å²) in [6, 6.07) is 7.81. The maximum absolute atomic E-state index is 3.48. The number of nitrogens with zero attached hydrogens (tertiary/aromatic N) is 1. The predicted molar refractivity (Wildman–Crippen MR) is 77.2 cm³/mol. The molecule has 98 valence electrons. The highest BCUT2D eigenvalue weighted by molar-refractivity contribution is 5.57. The van der Waals surface area contributed by atoms with E-state index in [2.05, 4.69) is 35.5 Å². The molecule has 0 radical (unpaired) electrons. The molecule has 1 aromatic rings. The van der Waals surface area contributed by atoms with Crippen molar-refractivity contribution in [1.29, 1.82) is 0 Å². The molecule has 2 aliphatic rings. The third-order valence-corrected chi connectivity index (χ3v) is 4.57. The molecule has 2 heteroatoms. The maximum atomic E-state index is 3.48. The number of rotatable bonds is 3. The maximum Gasteiger partial charge on any atom is 0.0376 e. The van der Waals surface area contributed by atoms with Crippen molar-refractivity contribution in [2.75, 3.05) is 25.5 Å². The second-order valence-corrected chi connectivity index (χ2v) is 5.84. The van der Waals surface area contributed by atoms with E-state index >= 15 is 0 Å². The lowest BCUT2D eigenvalue weighted by Crippen LogP contribution is -2.36. The monoisotopic (exact) mass is 244 g/mol. The van der Waals surface area contributed by atoms with Gasteiger partial charge >= 0.3 is 0 Å². The van der Waals surface area contributed by atoms with E-state index in [1.807, 2.05) is 0 Å². The Kier molecular flexibility index (Phi) is 3.55. The Labute approximate surface area is 110 Å². The first kappa shape index (κ1) is 12.0. The van der Waals surface area contributed by atoms with Crippen molar-refractivity contribution in [3.63, 3.8) is 0 Å². The molecule has 0 amide bonds. The molecule has 1 atom stereocenters. The number of hydrogen-bond donors (Lipinski definition) is 1. The number of anilines is 1. The zero-order valence-corrected chi connectivity index (χ0v) is 11.4. The second kappa shape index (κ2) is 5.31. The van der Waals surface area contributed by atoms with Gasteiger partial charge in [0.15, 0.2) is 0 Å². The van der Waals surface area contributed by atoms with Gasteiger partial charge in [0.25, 0.3) is 0 Å². The third kappa shape index (κ3) is 2.54. The van der Waals surface area contributed by atoms with E-state index in [0.29, 0.717) is 0 Å². The van der Waals surface area contributed by atoms with Crippen molar-refractivity contribution < 1.29 is 0 Å². The summed E-state index contributed by atoms with van der Waals surface area (Å²) in [5.74, 6) is 0. The molecule has 0 spiro atoms. The van der Waals surface area contributed by atoms with E-state index < -0.39 is 0 Å². The summed E-state index contributed by atoms with van der Waals surface area (Å²) in [6.07, 6.45) is 7.93.